The first-order valence-corrected chi connectivity index (χ1v) is 8.87. The number of hydrogen-bond acceptors (Lipinski definition) is 1. The van der Waals surface area contributed by atoms with Crippen LogP contribution in [0.5, 0.6) is 0 Å². The van der Waals surface area contributed by atoms with E-state index in [1.807, 2.05) is 0 Å². The van der Waals surface area contributed by atoms with Crippen molar-refractivity contribution in [2.75, 3.05) is 0 Å². The van der Waals surface area contributed by atoms with Crippen molar-refractivity contribution in [1.29, 1.82) is 0 Å². The molecule has 23 heavy (non-hydrogen) atoms. The SMILES string of the molecule is CC(C1CCCCC1)n1c(-c2ccccc2)nc2ccccc21. The molecule has 1 heterocycles. The third-order valence-electron chi connectivity index (χ3n) is 5.37. The van der Waals surface area contributed by atoms with E-state index in [1.165, 1.54) is 43.2 Å². The van der Waals surface area contributed by atoms with Gasteiger partial charge in [0.05, 0.1) is 11.0 Å². The molecule has 2 aromatic carbocycles. The molecule has 2 nitrogen and oxygen atoms in total. The summed E-state index contributed by atoms with van der Waals surface area (Å²) in [7, 11) is 0. The molecule has 0 bridgehead atoms. The van der Waals surface area contributed by atoms with Crippen LogP contribution in [-0.2, 0) is 0 Å². The van der Waals surface area contributed by atoms with Gasteiger partial charge in [0.1, 0.15) is 5.82 Å². The predicted octanol–water partition coefficient (Wildman–Crippen LogP) is 5.84. The van der Waals surface area contributed by atoms with Gasteiger partial charge < -0.3 is 4.57 Å². The van der Waals surface area contributed by atoms with Crippen molar-refractivity contribution in [1.82, 2.24) is 9.55 Å². The first kappa shape index (κ1) is 14.5. The maximum Gasteiger partial charge on any atom is 0.141 e. The van der Waals surface area contributed by atoms with E-state index in [4.69, 9.17) is 4.98 Å². The lowest BCUT2D eigenvalue weighted by Gasteiger charge is -2.30. The van der Waals surface area contributed by atoms with Gasteiger partial charge in [-0.25, -0.2) is 4.98 Å². The van der Waals surface area contributed by atoms with Gasteiger partial charge >= 0.3 is 0 Å². The Morgan fingerprint density at radius 3 is 2.39 bits per heavy atom. The molecule has 1 aliphatic rings. The number of para-hydroxylation sites is 2. The minimum Gasteiger partial charge on any atom is -0.321 e. The van der Waals surface area contributed by atoms with Gasteiger partial charge in [-0.1, -0.05) is 61.7 Å². The summed E-state index contributed by atoms with van der Waals surface area (Å²) < 4.78 is 2.49. The van der Waals surface area contributed by atoms with Crippen molar-refractivity contribution < 1.29 is 0 Å². The summed E-state index contributed by atoms with van der Waals surface area (Å²) in [5.41, 5.74) is 3.59. The molecule has 4 rings (SSSR count). The molecule has 1 saturated carbocycles. The van der Waals surface area contributed by atoms with Crippen LogP contribution in [0.15, 0.2) is 54.6 Å². The van der Waals surface area contributed by atoms with E-state index >= 15 is 0 Å². The first-order valence-electron chi connectivity index (χ1n) is 8.87. The number of benzene rings is 2. The van der Waals surface area contributed by atoms with E-state index < -0.39 is 0 Å². The molecular formula is C21H24N2. The average molecular weight is 304 g/mol. The molecule has 1 fully saturated rings. The van der Waals surface area contributed by atoms with Crippen molar-refractivity contribution in [3.8, 4) is 11.4 Å². The summed E-state index contributed by atoms with van der Waals surface area (Å²) in [5, 5.41) is 0. The molecule has 0 spiro atoms. The second-order valence-electron chi connectivity index (χ2n) is 6.80. The highest BCUT2D eigenvalue weighted by Crippen LogP contribution is 2.37. The molecule has 0 N–H and O–H groups in total. The maximum atomic E-state index is 4.96. The van der Waals surface area contributed by atoms with Crippen LogP contribution < -0.4 is 0 Å². The summed E-state index contributed by atoms with van der Waals surface area (Å²) in [6, 6.07) is 19.7. The zero-order valence-corrected chi connectivity index (χ0v) is 13.8. The lowest BCUT2D eigenvalue weighted by atomic mass is 9.84. The van der Waals surface area contributed by atoms with Gasteiger partial charge in [0, 0.05) is 11.6 Å². The van der Waals surface area contributed by atoms with Crippen molar-refractivity contribution in [2.24, 2.45) is 5.92 Å². The Bertz CT molecular complexity index is 782. The fourth-order valence-corrected chi connectivity index (χ4v) is 4.07. The summed E-state index contributed by atoms with van der Waals surface area (Å²) in [5.74, 6) is 1.88. The summed E-state index contributed by atoms with van der Waals surface area (Å²) in [4.78, 5) is 4.96. The summed E-state index contributed by atoms with van der Waals surface area (Å²) in [6.07, 6.45) is 6.86. The minimum atomic E-state index is 0.498. The molecule has 118 valence electrons. The van der Waals surface area contributed by atoms with Gasteiger partial charge in [-0.2, -0.15) is 0 Å². The molecule has 1 unspecified atom stereocenters. The van der Waals surface area contributed by atoms with Crippen molar-refractivity contribution in [2.45, 2.75) is 45.1 Å². The Labute approximate surface area is 138 Å². The van der Waals surface area contributed by atoms with Crippen LogP contribution in [-0.4, -0.2) is 9.55 Å². The molecule has 1 atom stereocenters. The smallest absolute Gasteiger partial charge is 0.141 e. The standard InChI is InChI=1S/C21H24N2/c1-16(17-10-4-2-5-11-17)23-20-15-9-8-14-19(20)22-21(23)18-12-6-3-7-13-18/h3,6-9,12-17H,2,4-5,10-11H2,1H3. The third-order valence-corrected chi connectivity index (χ3v) is 5.37. The highest BCUT2D eigenvalue weighted by Gasteiger charge is 2.25. The quantitative estimate of drug-likeness (QED) is 0.594. The molecule has 2 heteroatoms. The monoisotopic (exact) mass is 304 g/mol. The molecular weight excluding hydrogens is 280 g/mol. The Morgan fingerprint density at radius 1 is 0.913 bits per heavy atom. The van der Waals surface area contributed by atoms with Crippen LogP contribution in [0.3, 0.4) is 0 Å². The fourth-order valence-electron chi connectivity index (χ4n) is 4.07. The van der Waals surface area contributed by atoms with E-state index in [-0.39, 0.29) is 0 Å². The fraction of sp³-hybridized carbons (Fsp3) is 0.381. The molecule has 1 aromatic heterocycles. The van der Waals surface area contributed by atoms with Crippen LogP contribution in [0.2, 0.25) is 0 Å². The minimum absolute atomic E-state index is 0.498. The number of aromatic nitrogens is 2. The highest BCUT2D eigenvalue weighted by atomic mass is 15.1. The van der Waals surface area contributed by atoms with E-state index in [9.17, 15) is 0 Å². The largest absolute Gasteiger partial charge is 0.321 e. The van der Waals surface area contributed by atoms with E-state index in [2.05, 4.69) is 66.1 Å². The highest BCUT2D eigenvalue weighted by molar-refractivity contribution is 5.80. The normalized spacial score (nSPS) is 17.4. The molecule has 0 aliphatic heterocycles. The summed E-state index contributed by atoms with van der Waals surface area (Å²) in [6.45, 7) is 2.39. The van der Waals surface area contributed by atoms with Gasteiger partial charge in [0.25, 0.3) is 0 Å². The zero-order valence-electron chi connectivity index (χ0n) is 13.8. The van der Waals surface area contributed by atoms with E-state index in [0.717, 1.165) is 17.3 Å². The molecule has 0 amide bonds. The van der Waals surface area contributed by atoms with Crippen LogP contribution in [0.4, 0.5) is 0 Å². The van der Waals surface area contributed by atoms with Crippen LogP contribution in [0.25, 0.3) is 22.4 Å². The van der Waals surface area contributed by atoms with E-state index in [1.54, 1.807) is 0 Å². The predicted molar refractivity (Wildman–Crippen MR) is 96.5 cm³/mol. The number of imidazole rings is 1. The Morgan fingerprint density at radius 2 is 1.61 bits per heavy atom. The van der Waals surface area contributed by atoms with Crippen molar-refractivity contribution in [3.05, 3.63) is 54.6 Å². The van der Waals surface area contributed by atoms with Gasteiger partial charge in [-0.15, -0.1) is 0 Å². The van der Waals surface area contributed by atoms with Gasteiger partial charge in [0.15, 0.2) is 0 Å². The zero-order chi connectivity index (χ0) is 15.6. The second kappa shape index (κ2) is 6.19. The van der Waals surface area contributed by atoms with Gasteiger partial charge in [-0.3, -0.25) is 0 Å². The third kappa shape index (κ3) is 2.67. The Hall–Kier alpha value is -2.09. The molecule has 0 radical (unpaired) electrons. The lowest BCUT2D eigenvalue weighted by molar-refractivity contribution is 0.269. The average Bonchev–Trinajstić information content (AvgIpc) is 3.02. The van der Waals surface area contributed by atoms with Crippen LogP contribution in [0, 0.1) is 5.92 Å². The van der Waals surface area contributed by atoms with Gasteiger partial charge in [0.2, 0.25) is 0 Å². The Kier molecular flexibility index (Phi) is 3.90. The second-order valence-corrected chi connectivity index (χ2v) is 6.80. The molecule has 0 saturated heterocycles. The lowest BCUT2D eigenvalue weighted by Crippen LogP contribution is -2.20. The first-order chi connectivity index (χ1) is 11.3. The van der Waals surface area contributed by atoms with Crippen molar-refractivity contribution >= 4 is 11.0 Å². The Balaban J connectivity index is 1.85. The van der Waals surface area contributed by atoms with Crippen LogP contribution in [0.1, 0.15) is 45.1 Å². The maximum absolute atomic E-state index is 4.96. The number of hydrogen-bond donors (Lipinski definition) is 0. The number of rotatable bonds is 3. The van der Waals surface area contributed by atoms with Gasteiger partial charge in [-0.05, 0) is 37.8 Å². The summed E-state index contributed by atoms with van der Waals surface area (Å²) >= 11 is 0. The molecule has 3 aromatic rings. The molecule has 1 aliphatic carbocycles. The number of fused-ring (bicyclic) bond motifs is 1. The van der Waals surface area contributed by atoms with Crippen molar-refractivity contribution in [3.63, 3.8) is 0 Å². The van der Waals surface area contributed by atoms with E-state index in [0.29, 0.717) is 6.04 Å². The number of nitrogens with zero attached hydrogens (tertiary/aromatic N) is 2. The topological polar surface area (TPSA) is 17.8 Å². The van der Waals surface area contributed by atoms with Crippen LogP contribution >= 0.6 is 0 Å².